The highest BCUT2D eigenvalue weighted by atomic mass is 16.3. The van der Waals surface area contributed by atoms with Crippen molar-refractivity contribution in [3.05, 3.63) is 0 Å². The van der Waals surface area contributed by atoms with Crippen LogP contribution in [0, 0.1) is 0 Å². The van der Waals surface area contributed by atoms with Gasteiger partial charge in [0.2, 0.25) is 0 Å². The Labute approximate surface area is 135 Å². The fourth-order valence-electron chi connectivity index (χ4n) is 2.50. The van der Waals surface area contributed by atoms with E-state index in [-0.39, 0.29) is 25.7 Å². The van der Waals surface area contributed by atoms with Crippen LogP contribution in [-0.2, 0) is 0 Å². The highest BCUT2D eigenvalue weighted by molar-refractivity contribution is 4.66. The maximum absolute atomic E-state index is 8.85. The first-order valence-corrected chi connectivity index (χ1v) is 8.35. The zero-order chi connectivity index (χ0) is 15.3. The van der Waals surface area contributed by atoms with Gasteiger partial charge in [-0.15, -0.1) is 0 Å². The normalized spacial score (nSPS) is 31.5. The molecule has 3 aliphatic rings. The Morgan fingerprint density at radius 1 is 0.545 bits per heavy atom. The summed E-state index contributed by atoms with van der Waals surface area (Å²) in [7, 11) is 0. The van der Waals surface area contributed by atoms with E-state index < -0.39 is 0 Å². The number of nitrogens with one attached hydrogen (secondary N) is 3. The van der Waals surface area contributed by atoms with Crippen LogP contribution >= 0.6 is 0 Å². The number of aliphatic hydroxyl groups excluding tert-OH is 3. The van der Waals surface area contributed by atoms with Crippen LogP contribution in [0.4, 0.5) is 0 Å². The third-order valence-corrected chi connectivity index (χ3v) is 3.81. The summed E-state index contributed by atoms with van der Waals surface area (Å²) in [6.45, 7) is 5.62. The van der Waals surface area contributed by atoms with Crippen LogP contribution in [0.1, 0.15) is 46.0 Å². The van der Waals surface area contributed by atoms with Crippen molar-refractivity contribution in [3.8, 4) is 0 Å². The largest absolute Gasteiger partial charge is 0.392 e. The van der Waals surface area contributed by atoms with Gasteiger partial charge in [-0.25, -0.2) is 0 Å². The summed E-state index contributed by atoms with van der Waals surface area (Å²) in [6.07, 6.45) is 6.09. The summed E-state index contributed by atoms with van der Waals surface area (Å²) in [4.78, 5) is 0. The quantitative estimate of drug-likeness (QED) is 0.371. The Morgan fingerprint density at radius 2 is 0.818 bits per heavy atom. The zero-order valence-corrected chi connectivity index (χ0v) is 13.1. The molecule has 0 radical (unpaired) electrons. The molecule has 0 bridgehead atoms. The summed E-state index contributed by atoms with van der Waals surface area (Å²) in [6, 6.07) is 0. The van der Waals surface area contributed by atoms with E-state index in [0.717, 1.165) is 77.8 Å². The Kier molecular flexibility index (Phi) is 14.2. The fraction of sp³-hybridized carbons (Fsp3) is 1.00. The van der Waals surface area contributed by atoms with Crippen molar-refractivity contribution in [1.29, 1.82) is 0 Å². The Bertz CT molecular complexity index is 189. The van der Waals surface area contributed by atoms with Crippen LogP contribution < -0.4 is 16.0 Å². The van der Waals surface area contributed by atoms with Crippen molar-refractivity contribution in [2.24, 2.45) is 0 Å². The smallest absolute Gasteiger partial charge is 0.0665 e. The van der Waals surface area contributed by atoms with Crippen molar-refractivity contribution in [2.75, 3.05) is 39.3 Å². The molecule has 3 atom stereocenters. The molecule has 0 aromatic heterocycles. The number of hydrogen-bond donors (Lipinski definition) is 6. The maximum Gasteiger partial charge on any atom is 0.0665 e. The third-order valence-electron chi connectivity index (χ3n) is 3.81. The summed E-state index contributed by atoms with van der Waals surface area (Å²) in [5.74, 6) is 0. The molecule has 1 unspecified atom stereocenters. The second-order valence-corrected chi connectivity index (χ2v) is 6.00. The minimum atomic E-state index is -0.0752. The predicted molar refractivity (Wildman–Crippen MR) is 91.1 cm³/mol. The Hall–Kier alpha value is -0.240. The number of piperidine rings is 3. The van der Waals surface area contributed by atoms with Crippen molar-refractivity contribution in [3.63, 3.8) is 0 Å². The summed E-state index contributed by atoms with van der Waals surface area (Å²) in [5.41, 5.74) is 0. The van der Waals surface area contributed by atoms with Crippen molar-refractivity contribution >= 4 is 0 Å². The second kappa shape index (κ2) is 14.4. The zero-order valence-electron chi connectivity index (χ0n) is 13.1. The van der Waals surface area contributed by atoms with Crippen LogP contribution in [0.5, 0.6) is 0 Å². The molecule has 3 fully saturated rings. The lowest BCUT2D eigenvalue weighted by Gasteiger charge is -2.16. The van der Waals surface area contributed by atoms with Crippen molar-refractivity contribution in [2.45, 2.75) is 64.3 Å². The fourth-order valence-corrected chi connectivity index (χ4v) is 2.50. The molecule has 0 saturated carbocycles. The van der Waals surface area contributed by atoms with E-state index >= 15 is 0 Å². The Morgan fingerprint density at radius 3 is 0.909 bits per heavy atom. The van der Waals surface area contributed by atoms with Crippen LogP contribution in [0.2, 0.25) is 0 Å². The molecule has 0 spiro atoms. The molecule has 0 aliphatic carbocycles. The first kappa shape index (κ1) is 21.8. The summed E-state index contributed by atoms with van der Waals surface area (Å²) >= 11 is 0. The van der Waals surface area contributed by atoms with Crippen LogP contribution in [0.3, 0.4) is 0 Å². The van der Waals surface area contributed by atoms with Gasteiger partial charge in [-0.2, -0.15) is 0 Å². The van der Waals surface area contributed by atoms with E-state index in [9.17, 15) is 0 Å². The van der Waals surface area contributed by atoms with Gasteiger partial charge in [-0.05, 0) is 58.2 Å². The van der Waals surface area contributed by atoms with E-state index in [0.29, 0.717) is 0 Å². The molecule has 3 heterocycles. The molecule has 3 rings (SSSR count). The highest BCUT2D eigenvalue weighted by Gasteiger charge is 2.07. The van der Waals surface area contributed by atoms with E-state index in [1.165, 1.54) is 0 Å². The molecular formula is C16H37N3O3. The molecule has 6 N–H and O–H groups in total. The van der Waals surface area contributed by atoms with Crippen molar-refractivity contribution < 1.29 is 15.3 Å². The summed E-state index contributed by atoms with van der Waals surface area (Å²) < 4.78 is 0. The maximum atomic E-state index is 8.85. The number of hydrogen-bond acceptors (Lipinski definition) is 6. The van der Waals surface area contributed by atoms with Gasteiger partial charge >= 0.3 is 0 Å². The molecule has 0 aromatic rings. The van der Waals surface area contributed by atoms with Gasteiger partial charge in [-0.3, -0.25) is 0 Å². The van der Waals surface area contributed by atoms with Crippen LogP contribution in [0.15, 0.2) is 0 Å². The lowest BCUT2D eigenvalue weighted by Crippen LogP contribution is -2.33. The van der Waals surface area contributed by atoms with E-state index in [2.05, 4.69) is 16.0 Å². The molecule has 0 amide bonds. The van der Waals surface area contributed by atoms with Gasteiger partial charge in [0.15, 0.2) is 0 Å². The van der Waals surface area contributed by atoms with Gasteiger partial charge in [0.05, 0.1) is 18.3 Å². The molecule has 0 aromatic carbocycles. The van der Waals surface area contributed by atoms with Gasteiger partial charge in [0, 0.05) is 19.6 Å². The molecule has 3 aliphatic heterocycles. The van der Waals surface area contributed by atoms with Gasteiger partial charge < -0.3 is 31.3 Å². The van der Waals surface area contributed by atoms with E-state index in [1.807, 2.05) is 0 Å². The molecule has 6 heteroatoms. The minimum absolute atomic E-state index is 0. The third kappa shape index (κ3) is 12.3. The molecule has 134 valence electrons. The average Bonchev–Trinajstić information content (AvgIpc) is 2.51. The number of rotatable bonds is 0. The Balaban J connectivity index is 0.000000294. The lowest BCUT2D eigenvalue weighted by molar-refractivity contribution is 0.142. The SMILES string of the molecule is C.OC1CCCNC1.O[C@@H]1CCCNC1.O[C@H]1CCCNC1. The first-order valence-electron chi connectivity index (χ1n) is 8.35. The van der Waals surface area contributed by atoms with Crippen LogP contribution in [-0.4, -0.2) is 72.9 Å². The average molecular weight is 319 g/mol. The molecular weight excluding hydrogens is 282 g/mol. The van der Waals surface area contributed by atoms with Crippen LogP contribution in [0.25, 0.3) is 0 Å². The lowest BCUT2D eigenvalue weighted by atomic mass is 10.1. The summed E-state index contributed by atoms with van der Waals surface area (Å²) in [5, 5.41) is 35.8. The molecule has 3 saturated heterocycles. The monoisotopic (exact) mass is 319 g/mol. The molecule has 22 heavy (non-hydrogen) atoms. The number of β-amino-alcohol motifs (C(OH)–C–C–N with tert-alkyl or cyclic N) is 3. The standard InChI is InChI=1S/3C5H11NO.CH4/c3*7-5-2-1-3-6-4-5;/h3*5-7H,1-4H2;1H4/t2*5-;;/m10../s1. The molecule has 6 nitrogen and oxygen atoms in total. The van der Waals surface area contributed by atoms with Gasteiger partial charge in [-0.1, -0.05) is 7.43 Å². The first-order chi connectivity index (χ1) is 10.2. The highest BCUT2D eigenvalue weighted by Crippen LogP contribution is 1.99. The topological polar surface area (TPSA) is 96.8 Å². The second-order valence-electron chi connectivity index (χ2n) is 6.00. The van der Waals surface area contributed by atoms with Crippen molar-refractivity contribution in [1.82, 2.24) is 16.0 Å². The van der Waals surface area contributed by atoms with E-state index in [4.69, 9.17) is 15.3 Å². The van der Waals surface area contributed by atoms with Gasteiger partial charge in [0.1, 0.15) is 0 Å². The predicted octanol–water partition coefficient (Wildman–Crippen LogP) is -0.172. The number of aliphatic hydroxyl groups is 3. The van der Waals surface area contributed by atoms with Gasteiger partial charge in [0.25, 0.3) is 0 Å². The van der Waals surface area contributed by atoms with E-state index in [1.54, 1.807) is 0 Å². The minimum Gasteiger partial charge on any atom is -0.392 e.